The Morgan fingerprint density at radius 2 is 1.84 bits per heavy atom. The first-order valence-electron chi connectivity index (χ1n) is 10.7. The van der Waals surface area contributed by atoms with Crippen molar-refractivity contribution in [3.63, 3.8) is 0 Å². The largest absolute Gasteiger partial charge is 0.467 e. The zero-order valence-electron chi connectivity index (χ0n) is 19.2. The van der Waals surface area contributed by atoms with Crippen LogP contribution < -0.4 is 5.32 Å². The van der Waals surface area contributed by atoms with E-state index in [1.807, 2.05) is 23.6 Å². The summed E-state index contributed by atoms with van der Waals surface area (Å²) in [6.07, 6.45) is 1.66. The Balaban J connectivity index is 1.88. The van der Waals surface area contributed by atoms with Crippen molar-refractivity contribution in [3.05, 3.63) is 54.0 Å². The van der Waals surface area contributed by atoms with Crippen LogP contribution in [0.4, 0.5) is 0 Å². The number of hydrogen-bond donors (Lipinski definition) is 1. The van der Waals surface area contributed by atoms with E-state index in [-0.39, 0.29) is 16.6 Å². The minimum absolute atomic E-state index is 0.00216. The second-order valence-electron chi connectivity index (χ2n) is 9.20. The summed E-state index contributed by atoms with van der Waals surface area (Å²) >= 11 is 1.41. The van der Waals surface area contributed by atoms with Gasteiger partial charge in [0.2, 0.25) is 5.91 Å². The number of carbonyl (C=O) groups is 1. The fourth-order valence-corrected chi connectivity index (χ4v) is 3.94. The lowest BCUT2D eigenvalue weighted by Gasteiger charge is -2.19. The van der Waals surface area contributed by atoms with Crippen molar-refractivity contribution in [2.45, 2.75) is 63.9 Å². The molecule has 0 aliphatic carbocycles. The number of nitrogens with zero attached hydrogens (tertiary/aromatic N) is 3. The van der Waals surface area contributed by atoms with Gasteiger partial charge in [-0.1, -0.05) is 70.6 Å². The van der Waals surface area contributed by atoms with Crippen LogP contribution in [-0.4, -0.2) is 32.5 Å². The Morgan fingerprint density at radius 1 is 1.13 bits per heavy atom. The molecule has 3 rings (SSSR count). The van der Waals surface area contributed by atoms with Crippen LogP contribution in [0.3, 0.4) is 0 Å². The van der Waals surface area contributed by atoms with Crippen LogP contribution in [0.25, 0.3) is 11.4 Å². The van der Waals surface area contributed by atoms with Crippen LogP contribution in [0.15, 0.2) is 52.2 Å². The van der Waals surface area contributed by atoms with Crippen LogP contribution in [0, 0.1) is 5.92 Å². The van der Waals surface area contributed by atoms with Crippen molar-refractivity contribution >= 4 is 17.7 Å². The molecule has 2 heterocycles. The van der Waals surface area contributed by atoms with Gasteiger partial charge in [-0.2, -0.15) is 0 Å². The van der Waals surface area contributed by atoms with Crippen LogP contribution in [0.1, 0.15) is 52.9 Å². The normalized spacial score (nSPS) is 12.9. The predicted octanol–water partition coefficient (Wildman–Crippen LogP) is 5.14. The highest BCUT2D eigenvalue weighted by atomic mass is 32.2. The van der Waals surface area contributed by atoms with Gasteiger partial charge in [-0.3, -0.25) is 9.36 Å². The van der Waals surface area contributed by atoms with Crippen LogP contribution in [0.5, 0.6) is 0 Å². The van der Waals surface area contributed by atoms with Gasteiger partial charge in [0.05, 0.1) is 18.1 Å². The van der Waals surface area contributed by atoms with Gasteiger partial charge in [0.15, 0.2) is 11.0 Å². The number of nitrogens with one attached hydrogen (secondary N) is 1. The first kappa shape index (κ1) is 23.1. The highest BCUT2D eigenvalue weighted by Gasteiger charge is 2.22. The molecule has 0 aliphatic rings. The monoisotopic (exact) mass is 440 g/mol. The third-order valence-corrected chi connectivity index (χ3v) is 6.04. The summed E-state index contributed by atoms with van der Waals surface area (Å²) in [5.74, 6) is 1.98. The average molecular weight is 441 g/mol. The molecular weight excluding hydrogens is 408 g/mol. The Labute approximate surface area is 188 Å². The first-order valence-corrected chi connectivity index (χ1v) is 11.5. The summed E-state index contributed by atoms with van der Waals surface area (Å²) < 4.78 is 7.58. The quantitative estimate of drug-likeness (QED) is 0.491. The first-order chi connectivity index (χ1) is 14.6. The Hall–Kier alpha value is -2.54. The summed E-state index contributed by atoms with van der Waals surface area (Å²) in [6.45, 7) is 13.8. The van der Waals surface area contributed by atoms with Gasteiger partial charge >= 0.3 is 0 Å². The van der Waals surface area contributed by atoms with Gasteiger partial charge in [-0.05, 0) is 36.0 Å². The summed E-state index contributed by atoms with van der Waals surface area (Å²) in [6, 6.07) is 12.2. The molecule has 2 aromatic heterocycles. The van der Waals surface area contributed by atoms with Crippen molar-refractivity contribution in [2.24, 2.45) is 5.92 Å². The van der Waals surface area contributed by atoms with Crippen molar-refractivity contribution in [1.29, 1.82) is 0 Å². The number of benzene rings is 1. The molecule has 1 aromatic carbocycles. The third kappa shape index (κ3) is 6.00. The molecule has 0 fully saturated rings. The van der Waals surface area contributed by atoms with Crippen LogP contribution >= 0.6 is 11.8 Å². The number of thioether (sulfide) groups is 1. The van der Waals surface area contributed by atoms with E-state index in [1.54, 1.807) is 6.26 Å². The predicted molar refractivity (Wildman–Crippen MR) is 125 cm³/mol. The van der Waals surface area contributed by atoms with Gasteiger partial charge in [0.25, 0.3) is 0 Å². The highest BCUT2D eigenvalue weighted by Crippen LogP contribution is 2.30. The van der Waals surface area contributed by atoms with E-state index < -0.39 is 0 Å². The molecule has 0 saturated carbocycles. The molecule has 1 N–H and O–H groups in total. The lowest BCUT2D eigenvalue weighted by atomic mass is 9.87. The van der Waals surface area contributed by atoms with E-state index in [9.17, 15) is 4.79 Å². The van der Waals surface area contributed by atoms with E-state index in [0.29, 0.717) is 24.2 Å². The van der Waals surface area contributed by atoms with Gasteiger partial charge in [0.1, 0.15) is 5.76 Å². The maximum Gasteiger partial charge on any atom is 0.233 e. The zero-order valence-corrected chi connectivity index (χ0v) is 20.0. The molecule has 6 nitrogen and oxygen atoms in total. The van der Waals surface area contributed by atoms with Gasteiger partial charge in [-0.25, -0.2) is 0 Å². The standard InChI is InChI=1S/C24H32N4O2S/c1-16(2)14-25-22(29)17(3)31-23-27-26-21(28(23)15-20-8-7-13-30-20)18-9-11-19(12-10-18)24(4,5)6/h7-13,16-17H,14-15H2,1-6H3,(H,25,29). The molecule has 7 heteroatoms. The highest BCUT2D eigenvalue weighted by molar-refractivity contribution is 8.00. The van der Waals surface area contributed by atoms with Gasteiger partial charge in [0, 0.05) is 12.1 Å². The lowest BCUT2D eigenvalue weighted by Crippen LogP contribution is -2.33. The molecule has 0 aliphatic heterocycles. The molecule has 0 saturated heterocycles. The van der Waals surface area contributed by atoms with Crippen molar-refractivity contribution in [3.8, 4) is 11.4 Å². The Bertz CT molecular complexity index is 986. The number of amides is 1. The molecule has 0 bridgehead atoms. The molecule has 3 aromatic rings. The topological polar surface area (TPSA) is 73.0 Å². The third-order valence-electron chi connectivity index (χ3n) is 4.96. The molecule has 1 amide bonds. The number of rotatable bonds is 8. The van der Waals surface area contributed by atoms with Crippen molar-refractivity contribution in [1.82, 2.24) is 20.1 Å². The summed E-state index contributed by atoms with van der Waals surface area (Å²) in [5.41, 5.74) is 2.33. The molecule has 31 heavy (non-hydrogen) atoms. The second-order valence-corrected chi connectivity index (χ2v) is 10.5. The van der Waals surface area contributed by atoms with Crippen molar-refractivity contribution < 1.29 is 9.21 Å². The smallest absolute Gasteiger partial charge is 0.233 e. The Morgan fingerprint density at radius 3 is 2.42 bits per heavy atom. The summed E-state index contributed by atoms with van der Waals surface area (Å²) in [5, 5.41) is 12.3. The van der Waals surface area contributed by atoms with E-state index >= 15 is 0 Å². The van der Waals surface area contributed by atoms with E-state index in [1.165, 1.54) is 17.3 Å². The number of aromatic nitrogens is 3. The number of carbonyl (C=O) groups excluding carboxylic acids is 1. The fourth-order valence-electron chi connectivity index (χ4n) is 3.07. The fraction of sp³-hybridized carbons (Fsp3) is 0.458. The van der Waals surface area contributed by atoms with Gasteiger partial charge in [-0.15, -0.1) is 10.2 Å². The molecule has 0 spiro atoms. The molecule has 166 valence electrons. The SMILES string of the molecule is CC(C)CNC(=O)C(C)Sc1nnc(-c2ccc(C(C)(C)C)cc2)n1Cc1ccco1. The lowest BCUT2D eigenvalue weighted by molar-refractivity contribution is -0.120. The number of hydrogen-bond acceptors (Lipinski definition) is 5. The van der Waals surface area contributed by atoms with E-state index in [4.69, 9.17) is 4.42 Å². The minimum atomic E-state index is -0.283. The number of furan rings is 1. The Kier molecular flexibility index (Phi) is 7.26. The minimum Gasteiger partial charge on any atom is -0.467 e. The zero-order chi connectivity index (χ0) is 22.6. The van der Waals surface area contributed by atoms with E-state index in [0.717, 1.165) is 17.1 Å². The second kappa shape index (κ2) is 9.73. The van der Waals surface area contributed by atoms with E-state index in [2.05, 4.69) is 74.4 Å². The van der Waals surface area contributed by atoms with Crippen molar-refractivity contribution in [2.75, 3.05) is 6.54 Å². The average Bonchev–Trinajstić information content (AvgIpc) is 3.36. The maximum atomic E-state index is 12.5. The molecule has 1 unspecified atom stereocenters. The molecule has 1 atom stereocenters. The summed E-state index contributed by atoms with van der Waals surface area (Å²) in [7, 11) is 0. The van der Waals surface area contributed by atoms with Crippen LogP contribution in [0.2, 0.25) is 0 Å². The van der Waals surface area contributed by atoms with Gasteiger partial charge < -0.3 is 9.73 Å². The molecular formula is C24H32N4O2S. The van der Waals surface area contributed by atoms with Crippen LogP contribution in [-0.2, 0) is 16.8 Å². The molecule has 0 radical (unpaired) electrons. The summed E-state index contributed by atoms with van der Waals surface area (Å²) in [4.78, 5) is 12.5. The maximum absolute atomic E-state index is 12.5.